The Labute approximate surface area is 129 Å². The topological polar surface area (TPSA) is 24.5 Å². The highest BCUT2D eigenvalue weighted by atomic mass is 16.5. The number of benzene rings is 1. The molecule has 2 rings (SSSR count). The fourth-order valence-electron chi connectivity index (χ4n) is 3.47. The molecule has 2 unspecified atom stereocenters. The third-order valence-corrected chi connectivity index (χ3v) is 4.64. The van der Waals surface area contributed by atoms with Gasteiger partial charge in [0.15, 0.2) is 0 Å². The van der Waals surface area contributed by atoms with Gasteiger partial charge in [-0.2, -0.15) is 0 Å². The molecular weight excluding hydrogens is 260 g/mol. The summed E-state index contributed by atoms with van der Waals surface area (Å²) in [6, 6.07) is 7.16. The van der Waals surface area contributed by atoms with Crippen molar-refractivity contribution in [1.82, 2.24) is 10.2 Å². The number of ether oxygens (including phenoxy) is 1. The van der Waals surface area contributed by atoms with Crippen LogP contribution in [0.2, 0.25) is 0 Å². The van der Waals surface area contributed by atoms with Gasteiger partial charge in [-0.3, -0.25) is 4.90 Å². The van der Waals surface area contributed by atoms with E-state index in [1.165, 1.54) is 37.1 Å². The minimum atomic E-state index is 0.690. The van der Waals surface area contributed by atoms with Gasteiger partial charge in [-0.15, -0.1) is 0 Å². The second-order valence-electron chi connectivity index (χ2n) is 6.17. The molecule has 118 valence electrons. The van der Waals surface area contributed by atoms with Crippen molar-refractivity contribution in [3.8, 4) is 5.75 Å². The molecule has 21 heavy (non-hydrogen) atoms. The third-order valence-electron chi connectivity index (χ3n) is 4.64. The van der Waals surface area contributed by atoms with Crippen molar-refractivity contribution in [1.29, 1.82) is 0 Å². The molecule has 0 amide bonds. The minimum Gasteiger partial charge on any atom is -0.496 e. The molecule has 3 heteroatoms. The number of nitrogens with one attached hydrogen (secondary N) is 1. The van der Waals surface area contributed by atoms with E-state index in [0.29, 0.717) is 6.04 Å². The number of hydrogen-bond acceptors (Lipinski definition) is 3. The second-order valence-corrected chi connectivity index (χ2v) is 6.17. The van der Waals surface area contributed by atoms with Crippen molar-refractivity contribution in [3.05, 3.63) is 29.3 Å². The maximum absolute atomic E-state index is 5.52. The molecular formula is C18H30N2O. The van der Waals surface area contributed by atoms with Crippen LogP contribution in [0.5, 0.6) is 5.75 Å². The first-order valence-corrected chi connectivity index (χ1v) is 8.27. The fraction of sp³-hybridized carbons (Fsp3) is 0.667. The van der Waals surface area contributed by atoms with Crippen molar-refractivity contribution in [2.24, 2.45) is 5.92 Å². The minimum absolute atomic E-state index is 0.690. The molecule has 0 aromatic heterocycles. The number of nitrogens with zero attached hydrogens (tertiary/aromatic N) is 1. The third kappa shape index (κ3) is 4.21. The van der Waals surface area contributed by atoms with E-state index in [-0.39, 0.29) is 0 Å². The highest BCUT2D eigenvalue weighted by Crippen LogP contribution is 2.25. The van der Waals surface area contributed by atoms with E-state index in [1.807, 2.05) is 0 Å². The van der Waals surface area contributed by atoms with E-state index in [4.69, 9.17) is 4.74 Å². The molecule has 0 saturated carbocycles. The van der Waals surface area contributed by atoms with Crippen LogP contribution in [0.4, 0.5) is 0 Å². The summed E-state index contributed by atoms with van der Waals surface area (Å²) in [5.74, 6) is 1.77. The predicted octanol–water partition coefficient (Wildman–Crippen LogP) is 3.21. The van der Waals surface area contributed by atoms with Crippen LogP contribution < -0.4 is 10.1 Å². The van der Waals surface area contributed by atoms with Crippen molar-refractivity contribution < 1.29 is 4.74 Å². The smallest absolute Gasteiger partial charge is 0.123 e. The number of methoxy groups -OCH3 is 1. The first kappa shape index (κ1) is 16.3. The van der Waals surface area contributed by atoms with Gasteiger partial charge in [0.25, 0.3) is 0 Å². The summed E-state index contributed by atoms with van der Waals surface area (Å²) in [5, 5.41) is 3.65. The van der Waals surface area contributed by atoms with Crippen LogP contribution in [0.3, 0.4) is 0 Å². The van der Waals surface area contributed by atoms with Crippen LogP contribution in [0, 0.1) is 12.8 Å². The zero-order valence-corrected chi connectivity index (χ0v) is 14.0. The van der Waals surface area contributed by atoms with E-state index in [1.54, 1.807) is 7.11 Å². The van der Waals surface area contributed by atoms with Crippen molar-refractivity contribution in [2.75, 3.05) is 26.7 Å². The quantitative estimate of drug-likeness (QED) is 0.870. The van der Waals surface area contributed by atoms with Crippen LogP contribution in [0.25, 0.3) is 0 Å². The number of aryl methyl sites for hydroxylation is 1. The summed E-state index contributed by atoms with van der Waals surface area (Å²) in [6.45, 7) is 11.1. The first-order valence-electron chi connectivity index (χ1n) is 8.27. The van der Waals surface area contributed by atoms with E-state index < -0.39 is 0 Å². The molecule has 0 spiro atoms. The number of likely N-dealkylation sites (tertiary alicyclic amines) is 1. The van der Waals surface area contributed by atoms with Crippen LogP contribution in [-0.4, -0.2) is 37.7 Å². The molecule has 1 aliphatic rings. The summed E-state index contributed by atoms with van der Waals surface area (Å²) in [6.07, 6.45) is 2.50. The van der Waals surface area contributed by atoms with E-state index in [9.17, 15) is 0 Å². The van der Waals surface area contributed by atoms with Crippen molar-refractivity contribution in [3.63, 3.8) is 0 Å². The molecule has 1 aliphatic heterocycles. The lowest BCUT2D eigenvalue weighted by Gasteiger charge is -2.39. The molecule has 1 N–H and O–H groups in total. The Kier molecular flexibility index (Phi) is 6.07. The van der Waals surface area contributed by atoms with E-state index in [0.717, 1.165) is 24.8 Å². The van der Waals surface area contributed by atoms with Crippen LogP contribution in [0.1, 0.15) is 37.8 Å². The Bertz CT molecular complexity index is 447. The molecule has 1 saturated heterocycles. The Balaban J connectivity index is 2.02. The number of rotatable bonds is 6. The molecule has 1 heterocycles. The van der Waals surface area contributed by atoms with Crippen LogP contribution >= 0.6 is 0 Å². The van der Waals surface area contributed by atoms with Gasteiger partial charge in [-0.25, -0.2) is 0 Å². The monoisotopic (exact) mass is 290 g/mol. The van der Waals surface area contributed by atoms with Crippen molar-refractivity contribution >= 4 is 0 Å². The van der Waals surface area contributed by atoms with Gasteiger partial charge in [0.05, 0.1) is 7.11 Å². The zero-order chi connectivity index (χ0) is 15.2. The second kappa shape index (κ2) is 7.81. The van der Waals surface area contributed by atoms with E-state index in [2.05, 4.69) is 49.2 Å². The lowest BCUT2D eigenvalue weighted by molar-refractivity contribution is 0.129. The van der Waals surface area contributed by atoms with Crippen LogP contribution in [0.15, 0.2) is 18.2 Å². The Hall–Kier alpha value is -1.06. The first-order chi connectivity index (χ1) is 10.2. The molecule has 3 nitrogen and oxygen atoms in total. The van der Waals surface area contributed by atoms with Gasteiger partial charge in [-0.05, 0) is 38.4 Å². The van der Waals surface area contributed by atoms with Gasteiger partial charge >= 0.3 is 0 Å². The highest BCUT2D eigenvalue weighted by molar-refractivity contribution is 5.36. The van der Waals surface area contributed by atoms with Gasteiger partial charge in [0.2, 0.25) is 0 Å². The normalized spacial score (nSPS) is 23.2. The zero-order valence-electron chi connectivity index (χ0n) is 14.0. The van der Waals surface area contributed by atoms with Gasteiger partial charge < -0.3 is 10.1 Å². The summed E-state index contributed by atoms with van der Waals surface area (Å²) in [5.41, 5.74) is 2.62. The Morgan fingerprint density at radius 1 is 1.33 bits per heavy atom. The molecule has 1 aromatic carbocycles. The Morgan fingerprint density at radius 2 is 2.14 bits per heavy atom. The largest absolute Gasteiger partial charge is 0.496 e. The standard InChI is InChI=1S/C18H30N2O/c1-5-15-12-20(10-9-17(15)19-6-2)13-16-11-14(3)7-8-18(16)21-4/h7-8,11,15,17,19H,5-6,9-10,12-13H2,1-4H3. The summed E-state index contributed by atoms with van der Waals surface area (Å²) >= 11 is 0. The molecule has 2 atom stereocenters. The highest BCUT2D eigenvalue weighted by Gasteiger charge is 2.27. The number of hydrogen-bond donors (Lipinski definition) is 1. The van der Waals surface area contributed by atoms with Gasteiger partial charge in [-0.1, -0.05) is 38.0 Å². The molecule has 0 bridgehead atoms. The summed E-state index contributed by atoms with van der Waals surface area (Å²) in [4.78, 5) is 2.58. The van der Waals surface area contributed by atoms with Crippen LogP contribution in [-0.2, 0) is 6.54 Å². The molecule has 1 aromatic rings. The average molecular weight is 290 g/mol. The lowest BCUT2D eigenvalue weighted by Crippen LogP contribution is -2.48. The SMILES string of the molecule is CCNC1CCN(Cc2cc(C)ccc2OC)CC1CC. The summed E-state index contributed by atoms with van der Waals surface area (Å²) < 4.78 is 5.52. The predicted molar refractivity (Wildman–Crippen MR) is 88.9 cm³/mol. The maximum Gasteiger partial charge on any atom is 0.123 e. The van der Waals surface area contributed by atoms with E-state index >= 15 is 0 Å². The summed E-state index contributed by atoms with van der Waals surface area (Å²) in [7, 11) is 1.76. The Morgan fingerprint density at radius 3 is 2.81 bits per heavy atom. The van der Waals surface area contributed by atoms with Gasteiger partial charge in [0.1, 0.15) is 5.75 Å². The molecule has 0 aliphatic carbocycles. The average Bonchev–Trinajstić information content (AvgIpc) is 2.49. The lowest BCUT2D eigenvalue weighted by atomic mass is 9.89. The molecule has 1 fully saturated rings. The number of piperidine rings is 1. The van der Waals surface area contributed by atoms with Crippen molar-refractivity contribution in [2.45, 2.75) is 46.2 Å². The van der Waals surface area contributed by atoms with Gasteiger partial charge in [0, 0.05) is 24.7 Å². The fourth-order valence-corrected chi connectivity index (χ4v) is 3.47. The molecule has 0 radical (unpaired) electrons. The maximum atomic E-state index is 5.52.